The fraction of sp³-hybridized carbons (Fsp3) is 0.238. The van der Waals surface area contributed by atoms with Crippen LogP contribution in [0.25, 0.3) is 5.69 Å². The lowest BCUT2D eigenvalue weighted by Gasteiger charge is -2.15. The number of alkyl halides is 3. The topological polar surface area (TPSA) is 93.1 Å². The average molecular weight is 519 g/mol. The van der Waals surface area contributed by atoms with Crippen LogP contribution in [-0.2, 0) is 27.5 Å². The third-order valence-electron chi connectivity index (χ3n) is 4.77. The normalized spacial score (nSPS) is 12.9. The molecule has 13 heteroatoms. The van der Waals surface area contributed by atoms with E-state index < -0.39 is 39.5 Å². The third kappa shape index (κ3) is 6.26. The second-order valence-electron chi connectivity index (χ2n) is 7.46. The van der Waals surface area contributed by atoms with Gasteiger partial charge in [-0.05, 0) is 55.0 Å². The Morgan fingerprint density at radius 3 is 2.35 bits per heavy atom. The largest absolute Gasteiger partial charge is 0.435 e. The molecule has 0 aliphatic carbocycles. The van der Waals surface area contributed by atoms with Gasteiger partial charge in [-0.1, -0.05) is 17.7 Å². The highest BCUT2D eigenvalue weighted by Crippen LogP contribution is 2.30. The number of rotatable bonds is 7. The zero-order chi connectivity index (χ0) is 25.3. The monoisotopic (exact) mass is 518 g/mol. The van der Waals surface area contributed by atoms with Gasteiger partial charge in [0.15, 0.2) is 5.69 Å². The number of nitrogens with one attached hydrogen (secondary N) is 2. The summed E-state index contributed by atoms with van der Waals surface area (Å²) >= 11 is 5.84. The van der Waals surface area contributed by atoms with Crippen LogP contribution in [0.3, 0.4) is 0 Å². The van der Waals surface area contributed by atoms with Crippen LogP contribution in [0.15, 0.2) is 48.5 Å². The van der Waals surface area contributed by atoms with E-state index in [9.17, 15) is 30.8 Å². The van der Waals surface area contributed by atoms with E-state index in [1.54, 1.807) is 0 Å². The summed E-state index contributed by atoms with van der Waals surface area (Å²) in [5, 5.41) is 6.52. The van der Waals surface area contributed by atoms with Crippen LogP contribution in [0.4, 0.5) is 23.2 Å². The second-order valence-corrected chi connectivity index (χ2v) is 9.64. The van der Waals surface area contributed by atoms with Crippen molar-refractivity contribution in [1.29, 1.82) is 0 Å². The molecule has 3 rings (SSSR count). The van der Waals surface area contributed by atoms with Crippen molar-refractivity contribution in [2.45, 2.75) is 25.6 Å². The van der Waals surface area contributed by atoms with E-state index >= 15 is 0 Å². The molecule has 1 aromatic heterocycles. The number of carbonyl (C=O) groups excluding carboxylic acids is 1. The predicted molar refractivity (Wildman–Crippen MR) is 119 cm³/mol. The second kappa shape index (κ2) is 9.63. The number of aromatic nitrogens is 2. The Hall–Kier alpha value is -3.12. The summed E-state index contributed by atoms with van der Waals surface area (Å²) in [6.07, 6.45) is -3.82. The summed E-state index contributed by atoms with van der Waals surface area (Å²) in [5.74, 6) is -2.34. The van der Waals surface area contributed by atoms with Crippen LogP contribution in [0.2, 0.25) is 5.02 Å². The fourth-order valence-corrected chi connectivity index (χ4v) is 3.75. The highest BCUT2D eigenvalue weighted by Gasteiger charge is 2.35. The summed E-state index contributed by atoms with van der Waals surface area (Å²) in [5.41, 5.74) is -0.778. The van der Waals surface area contributed by atoms with Crippen molar-refractivity contribution < 1.29 is 30.8 Å². The number of nitrogens with zero attached hydrogens (tertiary/aromatic N) is 2. The predicted octanol–water partition coefficient (Wildman–Crippen LogP) is 4.48. The molecule has 0 unspecified atom stereocenters. The van der Waals surface area contributed by atoms with E-state index in [0.717, 1.165) is 23.1 Å². The quantitative estimate of drug-likeness (QED) is 0.451. The van der Waals surface area contributed by atoms with Gasteiger partial charge in [0.1, 0.15) is 5.82 Å². The zero-order valence-corrected chi connectivity index (χ0v) is 19.4. The first kappa shape index (κ1) is 25.5. The number of carbonyl (C=O) groups is 1. The Kier molecular flexibility index (Phi) is 7.22. The molecule has 2 aromatic carbocycles. The van der Waals surface area contributed by atoms with Crippen molar-refractivity contribution in [3.63, 3.8) is 0 Å². The number of sulfonamides is 1. The maximum atomic E-state index is 14.3. The lowest BCUT2D eigenvalue weighted by molar-refractivity contribution is -0.141. The minimum atomic E-state index is -4.69. The molecule has 0 saturated carbocycles. The lowest BCUT2D eigenvalue weighted by Crippen LogP contribution is -2.28. The number of hydrogen-bond acceptors (Lipinski definition) is 4. The molecule has 0 bridgehead atoms. The smallest absolute Gasteiger partial charge is 0.350 e. The Bertz CT molecular complexity index is 1310. The molecule has 3 aromatic rings. The first-order valence-electron chi connectivity index (χ1n) is 9.71. The first-order valence-corrected chi connectivity index (χ1v) is 12.0. The highest BCUT2D eigenvalue weighted by atomic mass is 35.5. The molecule has 1 atom stereocenters. The molecule has 0 aliphatic heterocycles. The van der Waals surface area contributed by atoms with E-state index in [0.29, 0.717) is 10.7 Å². The minimum absolute atomic E-state index is 0.0640. The van der Waals surface area contributed by atoms with Crippen LogP contribution in [-0.4, -0.2) is 30.4 Å². The summed E-state index contributed by atoms with van der Waals surface area (Å²) < 4.78 is 79.6. The van der Waals surface area contributed by atoms with E-state index in [1.807, 2.05) is 4.72 Å². The minimum Gasteiger partial charge on any atom is -0.350 e. The zero-order valence-electron chi connectivity index (χ0n) is 17.8. The van der Waals surface area contributed by atoms with E-state index in [1.165, 1.54) is 43.3 Å². The Morgan fingerprint density at radius 1 is 1.15 bits per heavy atom. The molecular weight excluding hydrogens is 500 g/mol. The van der Waals surface area contributed by atoms with Gasteiger partial charge in [0.05, 0.1) is 35.8 Å². The van der Waals surface area contributed by atoms with Gasteiger partial charge in [-0.2, -0.15) is 18.3 Å². The van der Waals surface area contributed by atoms with Crippen LogP contribution >= 0.6 is 11.6 Å². The lowest BCUT2D eigenvalue weighted by atomic mass is 10.00. The molecular formula is C21H19ClF4N4O3S. The molecule has 0 fully saturated rings. The van der Waals surface area contributed by atoms with Crippen LogP contribution in [0, 0.1) is 5.82 Å². The van der Waals surface area contributed by atoms with Gasteiger partial charge in [0.2, 0.25) is 15.9 Å². The Morgan fingerprint density at radius 2 is 1.79 bits per heavy atom. The van der Waals surface area contributed by atoms with Gasteiger partial charge >= 0.3 is 6.18 Å². The maximum Gasteiger partial charge on any atom is 0.435 e. The molecule has 1 amide bonds. The number of benzene rings is 2. The standard InChI is InChI=1S/C21H19ClF4N4O3S/c1-12(13-3-8-18(17(23)9-13)29-34(2,32)33)20(31)27-11-16-10-19(21(24,25)26)28-30(16)15-6-4-14(22)5-7-15/h3-10,12,29H,11H2,1-2H3,(H,27,31)/t12-/m0/s1. The SMILES string of the molecule is C[C@H](C(=O)NCc1cc(C(F)(F)F)nn1-c1ccc(Cl)cc1)c1ccc(NS(C)(=O)=O)c(F)c1. The summed E-state index contributed by atoms with van der Waals surface area (Å²) in [4.78, 5) is 12.6. The maximum absolute atomic E-state index is 14.3. The summed E-state index contributed by atoms with van der Waals surface area (Å²) in [6.45, 7) is 1.19. The third-order valence-corrected chi connectivity index (χ3v) is 5.61. The van der Waals surface area contributed by atoms with Crippen LogP contribution < -0.4 is 10.0 Å². The molecule has 34 heavy (non-hydrogen) atoms. The number of hydrogen-bond donors (Lipinski definition) is 2. The van der Waals surface area contributed by atoms with Gasteiger partial charge in [-0.25, -0.2) is 17.5 Å². The Labute approximate surface area is 197 Å². The molecule has 0 saturated heterocycles. The van der Waals surface area contributed by atoms with Crippen LogP contribution in [0.1, 0.15) is 29.8 Å². The van der Waals surface area contributed by atoms with E-state index in [4.69, 9.17) is 11.6 Å². The molecule has 1 heterocycles. The molecule has 2 N–H and O–H groups in total. The molecule has 0 spiro atoms. The Balaban J connectivity index is 1.79. The van der Waals surface area contributed by atoms with Crippen molar-refractivity contribution in [3.8, 4) is 5.69 Å². The molecule has 7 nitrogen and oxygen atoms in total. The van der Waals surface area contributed by atoms with Gasteiger partial charge < -0.3 is 5.32 Å². The van der Waals surface area contributed by atoms with E-state index in [2.05, 4.69) is 10.4 Å². The van der Waals surface area contributed by atoms with Gasteiger partial charge in [0, 0.05) is 5.02 Å². The van der Waals surface area contributed by atoms with Crippen LogP contribution in [0.5, 0.6) is 0 Å². The van der Waals surface area contributed by atoms with Crippen molar-refractivity contribution >= 4 is 33.2 Å². The average Bonchev–Trinajstić information content (AvgIpc) is 3.17. The van der Waals surface area contributed by atoms with Crippen molar-refractivity contribution in [2.24, 2.45) is 0 Å². The van der Waals surface area contributed by atoms with Gasteiger partial charge in [-0.15, -0.1) is 0 Å². The van der Waals surface area contributed by atoms with Gasteiger partial charge in [0.25, 0.3) is 0 Å². The van der Waals surface area contributed by atoms with Crippen molar-refractivity contribution in [2.75, 3.05) is 11.0 Å². The summed E-state index contributed by atoms with van der Waals surface area (Å²) in [6, 6.07) is 10.3. The number of halogens is 5. The van der Waals surface area contributed by atoms with E-state index in [-0.39, 0.29) is 23.5 Å². The number of amides is 1. The first-order chi connectivity index (χ1) is 15.7. The van der Waals surface area contributed by atoms with Crippen molar-refractivity contribution in [1.82, 2.24) is 15.1 Å². The fourth-order valence-electron chi connectivity index (χ4n) is 3.06. The molecule has 182 valence electrons. The molecule has 0 radical (unpaired) electrons. The summed E-state index contributed by atoms with van der Waals surface area (Å²) in [7, 11) is -3.69. The number of anilines is 1. The highest BCUT2D eigenvalue weighted by molar-refractivity contribution is 7.92. The molecule has 0 aliphatic rings. The van der Waals surface area contributed by atoms with Crippen molar-refractivity contribution in [3.05, 3.63) is 76.3 Å². The van der Waals surface area contributed by atoms with Gasteiger partial charge in [-0.3, -0.25) is 9.52 Å².